The maximum absolute atomic E-state index is 11.9. The minimum atomic E-state index is -0.435. The maximum atomic E-state index is 11.9. The quantitative estimate of drug-likeness (QED) is 0.666. The van der Waals surface area contributed by atoms with Crippen LogP contribution in [0, 0.1) is 0 Å². The van der Waals surface area contributed by atoms with Gasteiger partial charge in [-0.3, -0.25) is 4.99 Å². The van der Waals surface area contributed by atoms with E-state index < -0.39 is 5.60 Å². The van der Waals surface area contributed by atoms with Gasteiger partial charge in [0, 0.05) is 32.9 Å². The number of rotatable bonds is 0. The molecule has 0 bridgehead atoms. The fourth-order valence-corrected chi connectivity index (χ4v) is 2.32. The average Bonchev–Trinajstić information content (AvgIpc) is 2.58. The standard InChI is InChI=1S/C13H22N2O3/c1-10-14-9-13(17-10)5-7-15(8-6-13)11(16)18-12(2,3)4/h5-9H2,1-4H3. The third-order valence-corrected chi connectivity index (χ3v) is 3.28. The van der Waals surface area contributed by atoms with Crippen LogP contribution in [0.1, 0.15) is 40.5 Å². The number of hydrogen-bond acceptors (Lipinski definition) is 4. The molecule has 0 aromatic carbocycles. The van der Waals surface area contributed by atoms with E-state index in [9.17, 15) is 4.79 Å². The van der Waals surface area contributed by atoms with E-state index in [1.54, 1.807) is 4.90 Å². The van der Waals surface area contributed by atoms with Gasteiger partial charge in [0.25, 0.3) is 0 Å². The number of ether oxygens (including phenoxy) is 2. The normalized spacial score (nSPS) is 22.7. The Morgan fingerprint density at radius 2 is 2.00 bits per heavy atom. The monoisotopic (exact) mass is 254 g/mol. The lowest BCUT2D eigenvalue weighted by Crippen LogP contribution is -2.49. The van der Waals surface area contributed by atoms with Crippen molar-refractivity contribution in [3.8, 4) is 0 Å². The second kappa shape index (κ2) is 4.44. The van der Waals surface area contributed by atoms with Gasteiger partial charge in [-0.1, -0.05) is 0 Å². The molecule has 1 spiro atoms. The van der Waals surface area contributed by atoms with Gasteiger partial charge >= 0.3 is 6.09 Å². The van der Waals surface area contributed by atoms with E-state index in [4.69, 9.17) is 9.47 Å². The molecule has 18 heavy (non-hydrogen) atoms. The van der Waals surface area contributed by atoms with Gasteiger partial charge in [-0.05, 0) is 20.8 Å². The van der Waals surface area contributed by atoms with Crippen molar-refractivity contribution in [3.05, 3.63) is 0 Å². The molecule has 0 N–H and O–H groups in total. The second-order valence-electron chi connectivity index (χ2n) is 6.09. The molecule has 2 aliphatic heterocycles. The van der Waals surface area contributed by atoms with E-state index in [0.717, 1.165) is 25.3 Å². The van der Waals surface area contributed by atoms with Crippen LogP contribution in [0.3, 0.4) is 0 Å². The highest BCUT2D eigenvalue weighted by Crippen LogP contribution is 2.31. The lowest BCUT2D eigenvalue weighted by Gasteiger charge is -2.38. The first-order chi connectivity index (χ1) is 8.30. The zero-order valence-corrected chi connectivity index (χ0v) is 11.7. The number of carbonyl (C=O) groups excluding carboxylic acids is 1. The maximum Gasteiger partial charge on any atom is 0.410 e. The van der Waals surface area contributed by atoms with Gasteiger partial charge in [-0.25, -0.2) is 4.79 Å². The first-order valence-corrected chi connectivity index (χ1v) is 6.48. The van der Waals surface area contributed by atoms with Crippen LogP contribution in [0.15, 0.2) is 4.99 Å². The summed E-state index contributed by atoms with van der Waals surface area (Å²) in [6.07, 6.45) is 1.42. The summed E-state index contributed by atoms with van der Waals surface area (Å²) in [6.45, 7) is 9.61. The summed E-state index contributed by atoms with van der Waals surface area (Å²) in [5.41, 5.74) is -0.599. The summed E-state index contributed by atoms with van der Waals surface area (Å²) in [4.78, 5) is 18.0. The summed E-state index contributed by atoms with van der Waals surface area (Å²) in [5.74, 6) is 0.765. The van der Waals surface area contributed by atoms with Crippen molar-refractivity contribution < 1.29 is 14.3 Å². The summed E-state index contributed by atoms with van der Waals surface area (Å²) in [7, 11) is 0. The predicted molar refractivity (Wildman–Crippen MR) is 68.8 cm³/mol. The Morgan fingerprint density at radius 1 is 1.39 bits per heavy atom. The van der Waals surface area contributed by atoms with Gasteiger partial charge in [0.05, 0.1) is 6.54 Å². The van der Waals surface area contributed by atoms with E-state index in [2.05, 4.69) is 4.99 Å². The first kappa shape index (κ1) is 13.2. The molecular formula is C13H22N2O3. The van der Waals surface area contributed by atoms with Crippen LogP contribution >= 0.6 is 0 Å². The van der Waals surface area contributed by atoms with Crippen LogP contribution < -0.4 is 0 Å². The van der Waals surface area contributed by atoms with Crippen LogP contribution in [0.25, 0.3) is 0 Å². The van der Waals surface area contributed by atoms with Crippen molar-refractivity contribution in [3.63, 3.8) is 0 Å². The van der Waals surface area contributed by atoms with E-state index >= 15 is 0 Å². The van der Waals surface area contributed by atoms with Crippen LogP contribution in [-0.4, -0.2) is 47.7 Å². The number of hydrogen-bond donors (Lipinski definition) is 0. The molecule has 2 rings (SSSR count). The molecule has 1 saturated heterocycles. The molecule has 1 amide bonds. The number of aliphatic imine (C=N–C) groups is 1. The number of nitrogens with zero attached hydrogens (tertiary/aromatic N) is 2. The largest absolute Gasteiger partial charge is 0.473 e. The second-order valence-corrected chi connectivity index (χ2v) is 6.09. The Balaban J connectivity index is 1.86. The lowest BCUT2D eigenvalue weighted by atomic mass is 9.92. The molecule has 1 fully saturated rings. The van der Waals surface area contributed by atoms with Gasteiger partial charge in [-0.2, -0.15) is 0 Å². The highest BCUT2D eigenvalue weighted by atomic mass is 16.6. The summed E-state index contributed by atoms with van der Waals surface area (Å²) >= 11 is 0. The SMILES string of the molecule is CC1=NCC2(CCN(C(=O)OC(C)(C)C)CC2)O1. The number of likely N-dealkylation sites (tertiary alicyclic amines) is 1. The molecular weight excluding hydrogens is 232 g/mol. The summed E-state index contributed by atoms with van der Waals surface area (Å²) in [5, 5.41) is 0. The lowest BCUT2D eigenvalue weighted by molar-refractivity contribution is -0.0111. The van der Waals surface area contributed by atoms with Crippen molar-refractivity contribution in [2.45, 2.75) is 51.7 Å². The summed E-state index contributed by atoms with van der Waals surface area (Å²) in [6, 6.07) is 0. The van der Waals surface area contributed by atoms with Gasteiger partial charge in [0.2, 0.25) is 0 Å². The molecule has 0 unspecified atom stereocenters. The fraction of sp³-hybridized carbons (Fsp3) is 0.846. The van der Waals surface area contributed by atoms with E-state index in [1.807, 2.05) is 27.7 Å². The predicted octanol–water partition coefficient (Wildman–Crippen LogP) is 2.20. The third kappa shape index (κ3) is 2.94. The van der Waals surface area contributed by atoms with Crippen molar-refractivity contribution in [1.29, 1.82) is 0 Å². The molecule has 0 atom stereocenters. The number of piperidine rings is 1. The Hall–Kier alpha value is -1.26. The van der Waals surface area contributed by atoms with Crippen LogP contribution in [0.2, 0.25) is 0 Å². The Kier molecular flexibility index (Phi) is 3.25. The molecule has 2 heterocycles. The van der Waals surface area contributed by atoms with Crippen molar-refractivity contribution in [1.82, 2.24) is 4.90 Å². The zero-order valence-electron chi connectivity index (χ0n) is 11.7. The minimum absolute atomic E-state index is 0.164. The minimum Gasteiger partial charge on any atom is -0.473 e. The molecule has 0 radical (unpaired) electrons. The van der Waals surface area contributed by atoms with Gasteiger partial charge in [0.15, 0.2) is 5.90 Å². The number of carbonyl (C=O) groups is 1. The first-order valence-electron chi connectivity index (χ1n) is 6.48. The van der Waals surface area contributed by atoms with Crippen LogP contribution in [0.5, 0.6) is 0 Å². The van der Waals surface area contributed by atoms with Gasteiger partial charge in [0.1, 0.15) is 11.2 Å². The molecule has 0 aromatic rings. The van der Waals surface area contributed by atoms with Crippen LogP contribution in [-0.2, 0) is 9.47 Å². The molecule has 0 aliphatic carbocycles. The summed E-state index contributed by atoms with van der Waals surface area (Å²) < 4.78 is 11.2. The molecule has 0 aromatic heterocycles. The fourth-order valence-electron chi connectivity index (χ4n) is 2.32. The van der Waals surface area contributed by atoms with E-state index in [0.29, 0.717) is 13.1 Å². The highest BCUT2D eigenvalue weighted by Gasteiger charge is 2.41. The van der Waals surface area contributed by atoms with Crippen molar-refractivity contribution in [2.24, 2.45) is 4.99 Å². The number of amides is 1. The molecule has 0 saturated carbocycles. The molecule has 2 aliphatic rings. The van der Waals surface area contributed by atoms with E-state index in [1.165, 1.54) is 0 Å². The topological polar surface area (TPSA) is 51.1 Å². The van der Waals surface area contributed by atoms with Gasteiger partial charge < -0.3 is 14.4 Å². The van der Waals surface area contributed by atoms with Crippen molar-refractivity contribution >= 4 is 12.0 Å². The van der Waals surface area contributed by atoms with Gasteiger partial charge in [-0.15, -0.1) is 0 Å². The van der Waals surface area contributed by atoms with E-state index in [-0.39, 0.29) is 11.7 Å². The van der Waals surface area contributed by atoms with Crippen molar-refractivity contribution in [2.75, 3.05) is 19.6 Å². The Labute approximate surface area is 108 Å². The molecule has 5 heteroatoms. The third-order valence-electron chi connectivity index (χ3n) is 3.28. The molecule has 102 valence electrons. The smallest absolute Gasteiger partial charge is 0.410 e. The Morgan fingerprint density at radius 3 is 2.44 bits per heavy atom. The zero-order chi connectivity index (χ0) is 13.4. The highest BCUT2D eigenvalue weighted by molar-refractivity contribution is 5.75. The average molecular weight is 254 g/mol. The molecule has 5 nitrogen and oxygen atoms in total. The van der Waals surface area contributed by atoms with Crippen LogP contribution in [0.4, 0.5) is 4.79 Å². The Bertz CT molecular complexity index is 363.